The Balaban J connectivity index is 1.52. The van der Waals surface area contributed by atoms with Crippen molar-refractivity contribution in [3.63, 3.8) is 0 Å². The van der Waals surface area contributed by atoms with Gasteiger partial charge in [-0.2, -0.15) is 0 Å². The van der Waals surface area contributed by atoms with Crippen molar-refractivity contribution in [2.24, 2.45) is 5.92 Å². The van der Waals surface area contributed by atoms with Crippen LogP contribution in [0.25, 0.3) is 0 Å². The van der Waals surface area contributed by atoms with Gasteiger partial charge < -0.3 is 10.6 Å². The molecule has 6 nitrogen and oxygen atoms in total. The molecule has 0 saturated heterocycles. The van der Waals surface area contributed by atoms with E-state index in [-0.39, 0.29) is 17.5 Å². The highest BCUT2D eigenvalue weighted by Gasteiger charge is 2.15. The maximum Gasteiger partial charge on any atom is 0.275 e. The Labute approximate surface area is 147 Å². The lowest BCUT2D eigenvalue weighted by Gasteiger charge is -2.21. The molecule has 2 aromatic rings. The Bertz CT molecular complexity index is 710. The maximum atomic E-state index is 12.2. The number of hydrogen-bond donors (Lipinski definition) is 2. The summed E-state index contributed by atoms with van der Waals surface area (Å²) in [6.45, 7) is 0.740. The zero-order valence-electron chi connectivity index (χ0n) is 14.1. The van der Waals surface area contributed by atoms with Gasteiger partial charge in [0.2, 0.25) is 0 Å². The van der Waals surface area contributed by atoms with Gasteiger partial charge in [0.05, 0.1) is 6.20 Å². The second-order valence-electron chi connectivity index (χ2n) is 6.34. The van der Waals surface area contributed by atoms with Crippen LogP contribution in [0.1, 0.15) is 53.0 Å². The fraction of sp³-hybridized carbons (Fsp3) is 0.368. The van der Waals surface area contributed by atoms with Crippen LogP contribution < -0.4 is 10.6 Å². The van der Waals surface area contributed by atoms with Gasteiger partial charge in [-0.05, 0) is 43.0 Å². The molecule has 1 aliphatic rings. The Morgan fingerprint density at radius 1 is 1.00 bits per heavy atom. The minimum atomic E-state index is -0.331. The van der Waals surface area contributed by atoms with Gasteiger partial charge in [0.25, 0.3) is 11.8 Å². The average Bonchev–Trinajstić information content (AvgIpc) is 2.68. The van der Waals surface area contributed by atoms with Crippen LogP contribution in [0.5, 0.6) is 0 Å². The van der Waals surface area contributed by atoms with Crippen molar-refractivity contribution in [1.29, 1.82) is 0 Å². The van der Waals surface area contributed by atoms with Gasteiger partial charge in [-0.3, -0.25) is 14.6 Å². The lowest BCUT2D eigenvalue weighted by atomic mass is 9.89. The Morgan fingerprint density at radius 2 is 1.76 bits per heavy atom. The summed E-state index contributed by atoms with van der Waals surface area (Å²) in [4.78, 5) is 32.1. The molecule has 1 aromatic heterocycles. The second kappa shape index (κ2) is 8.37. The van der Waals surface area contributed by atoms with Crippen molar-refractivity contribution in [2.45, 2.75) is 32.1 Å². The van der Waals surface area contributed by atoms with Crippen molar-refractivity contribution in [2.75, 3.05) is 11.9 Å². The SMILES string of the molecule is O=C(NCC1CCCCC1)c1ccc(NC(=O)c2cnccn2)cc1. The van der Waals surface area contributed by atoms with Crippen LogP contribution >= 0.6 is 0 Å². The van der Waals surface area contributed by atoms with Gasteiger partial charge in [0.1, 0.15) is 5.69 Å². The molecule has 130 valence electrons. The first-order valence-corrected chi connectivity index (χ1v) is 8.68. The third kappa shape index (κ3) is 4.86. The summed E-state index contributed by atoms with van der Waals surface area (Å²) in [7, 11) is 0. The van der Waals surface area contributed by atoms with Crippen LogP contribution in [-0.2, 0) is 0 Å². The summed E-state index contributed by atoms with van der Waals surface area (Å²) in [5.74, 6) is 0.197. The zero-order chi connectivity index (χ0) is 17.5. The van der Waals surface area contributed by atoms with Crippen molar-refractivity contribution in [3.05, 3.63) is 54.1 Å². The number of hydrogen-bond acceptors (Lipinski definition) is 4. The number of rotatable bonds is 5. The monoisotopic (exact) mass is 338 g/mol. The molecule has 1 fully saturated rings. The summed E-state index contributed by atoms with van der Waals surface area (Å²) in [6.07, 6.45) is 10.6. The third-order valence-corrected chi connectivity index (χ3v) is 4.48. The maximum absolute atomic E-state index is 12.2. The van der Waals surface area contributed by atoms with Gasteiger partial charge in [0, 0.05) is 30.2 Å². The Hall–Kier alpha value is -2.76. The van der Waals surface area contributed by atoms with Crippen molar-refractivity contribution in [1.82, 2.24) is 15.3 Å². The van der Waals surface area contributed by atoms with Crippen molar-refractivity contribution >= 4 is 17.5 Å². The fourth-order valence-electron chi connectivity index (χ4n) is 3.05. The molecule has 0 radical (unpaired) electrons. The number of amides is 2. The molecule has 3 rings (SSSR count). The highest BCUT2D eigenvalue weighted by atomic mass is 16.2. The first kappa shape index (κ1) is 17.1. The van der Waals surface area contributed by atoms with E-state index in [1.807, 2.05) is 0 Å². The molecule has 1 saturated carbocycles. The summed E-state index contributed by atoms with van der Waals surface area (Å²) in [5, 5.41) is 5.75. The van der Waals surface area contributed by atoms with E-state index in [2.05, 4.69) is 20.6 Å². The minimum Gasteiger partial charge on any atom is -0.352 e. The fourth-order valence-corrected chi connectivity index (χ4v) is 3.05. The van der Waals surface area contributed by atoms with E-state index in [0.717, 1.165) is 6.54 Å². The van der Waals surface area contributed by atoms with E-state index in [1.54, 1.807) is 24.3 Å². The molecule has 0 atom stereocenters. The summed E-state index contributed by atoms with van der Waals surface area (Å²) in [5.41, 5.74) is 1.45. The Kier molecular flexibility index (Phi) is 5.72. The predicted octanol–water partition coefficient (Wildman–Crippen LogP) is 3.04. The van der Waals surface area contributed by atoms with Gasteiger partial charge in [-0.25, -0.2) is 4.98 Å². The Morgan fingerprint density at radius 3 is 2.44 bits per heavy atom. The molecule has 2 N–H and O–H groups in total. The largest absolute Gasteiger partial charge is 0.352 e. The zero-order valence-corrected chi connectivity index (χ0v) is 14.1. The van der Waals surface area contributed by atoms with Crippen LogP contribution in [0.2, 0.25) is 0 Å². The first-order chi connectivity index (χ1) is 12.2. The van der Waals surface area contributed by atoms with E-state index in [0.29, 0.717) is 17.2 Å². The lowest BCUT2D eigenvalue weighted by Crippen LogP contribution is -2.30. The van der Waals surface area contributed by atoms with Crippen LogP contribution in [0.3, 0.4) is 0 Å². The number of aromatic nitrogens is 2. The van der Waals surface area contributed by atoms with Gasteiger partial charge in [0.15, 0.2) is 0 Å². The molecule has 25 heavy (non-hydrogen) atoms. The van der Waals surface area contributed by atoms with E-state index < -0.39 is 0 Å². The minimum absolute atomic E-state index is 0.0719. The quantitative estimate of drug-likeness (QED) is 0.877. The van der Waals surface area contributed by atoms with Crippen LogP contribution in [0.4, 0.5) is 5.69 Å². The molecule has 1 aromatic carbocycles. The second-order valence-corrected chi connectivity index (χ2v) is 6.34. The smallest absolute Gasteiger partial charge is 0.275 e. The van der Waals surface area contributed by atoms with Crippen LogP contribution in [-0.4, -0.2) is 28.3 Å². The normalized spacial score (nSPS) is 14.7. The molecule has 2 amide bonds. The number of nitrogens with one attached hydrogen (secondary N) is 2. The number of anilines is 1. The highest BCUT2D eigenvalue weighted by Crippen LogP contribution is 2.22. The number of carbonyl (C=O) groups is 2. The molecule has 0 aliphatic heterocycles. The average molecular weight is 338 g/mol. The lowest BCUT2D eigenvalue weighted by molar-refractivity contribution is 0.0943. The van der Waals surface area contributed by atoms with E-state index in [1.165, 1.54) is 50.7 Å². The number of carbonyl (C=O) groups excluding carboxylic acids is 2. The molecular weight excluding hydrogens is 316 g/mol. The summed E-state index contributed by atoms with van der Waals surface area (Å²) < 4.78 is 0. The third-order valence-electron chi connectivity index (χ3n) is 4.48. The summed E-state index contributed by atoms with van der Waals surface area (Å²) in [6, 6.07) is 6.85. The molecule has 0 bridgehead atoms. The molecule has 0 unspecified atom stereocenters. The van der Waals surface area contributed by atoms with Crippen molar-refractivity contribution in [3.8, 4) is 0 Å². The standard InChI is InChI=1S/C19H22N4O2/c24-18(22-12-14-4-2-1-3-5-14)15-6-8-16(9-7-15)23-19(25)17-13-20-10-11-21-17/h6-11,13-14H,1-5,12H2,(H,22,24)(H,23,25). The van der Waals surface area contributed by atoms with Crippen LogP contribution in [0.15, 0.2) is 42.9 Å². The van der Waals surface area contributed by atoms with Gasteiger partial charge >= 0.3 is 0 Å². The highest BCUT2D eigenvalue weighted by molar-refractivity contribution is 6.03. The molecular formula is C19H22N4O2. The number of benzene rings is 1. The number of nitrogens with zero attached hydrogens (tertiary/aromatic N) is 2. The van der Waals surface area contributed by atoms with Gasteiger partial charge in [-0.1, -0.05) is 19.3 Å². The topological polar surface area (TPSA) is 84.0 Å². The van der Waals surface area contributed by atoms with Crippen molar-refractivity contribution < 1.29 is 9.59 Å². The molecule has 1 aliphatic carbocycles. The van der Waals surface area contributed by atoms with Crippen LogP contribution in [0, 0.1) is 5.92 Å². The van der Waals surface area contributed by atoms with E-state index >= 15 is 0 Å². The van der Waals surface area contributed by atoms with E-state index in [4.69, 9.17) is 0 Å². The summed E-state index contributed by atoms with van der Waals surface area (Å²) >= 11 is 0. The van der Waals surface area contributed by atoms with E-state index in [9.17, 15) is 9.59 Å². The molecule has 0 spiro atoms. The molecule has 1 heterocycles. The first-order valence-electron chi connectivity index (χ1n) is 8.68. The molecule has 6 heteroatoms. The van der Waals surface area contributed by atoms with Gasteiger partial charge in [-0.15, -0.1) is 0 Å². The predicted molar refractivity (Wildman–Crippen MR) is 95.3 cm³/mol.